The molecular weight excluding hydrogens is 448 g/mol. The van der Waals surface area contributed by atoms with Crippen molar-refractivity contribution in [3.05, 3.63) is 141 Å². The van der Waals surface area contributed by atoms with Crippen molar-refractivity contribution < 1.29 is 0 Å². The lowest BCUT2D eigenvalue weighted by Crippen LogP contribution is -2.24. The van der Waals surface area contributed by atoms with Crippen LogP contribution in [0.1, 0.15) is 21.9 Å². The zero-order valence-electron chi connectivity index (χ0n) is 17.8. The Balaban J connectivity index is 1.67. The zero-order valence-corrected chi connectivity index (χ0v) is 19.3. The smallest absolute Gasteiger partial charge is 0.262 e. The molecule has 0 fully saturated rings. The van der Waals surface area contributed by atoms with Crippen LogP contribution in [-0.2, 0) is 6.54 Å². The Kier molecular flexibility index (Phi) is 6.29. The fourth-order valence-electron chi connectivity index (χ4n) is 3.86. The van der Waals surface area contributed by atoms with E-state index >= 15 is 0 Å². The highest BCUT2D eigenvalue weighted by molar-refractivity contribution is 7.99. The molecule has 0 saturated carbocycles. The predicted octanol–water partition coefficient (Wildman–Crippen LogP) is 6.98. The van der Waals surface area contributed by atoms with Gasteiger partial charge < -0.3 is 0 Å². The maximum absolute atomic E-state index is 13.6. The van der Waals surface area contributed by atoms with Gasteiger partial charge >= 0.3 is 0 Å². The Morgan fingerprint density at radius 1 is 0.788 bits per heavy atom. The largest absolute Gasteiger partial charge is 0.283 e. The molecule has 3 nitrogen and oxygen atoms in total. The second kappa shape index (κ2) is 9.65. The number of halogens is 1. The Morgan fingerprint density at radius 3 is 1.97 bits per heavy atom. The number of rotatable bonds is 6. The zero-order chi connectivity index (χ0) is 22.6. The van der Waals surface area contributed by atoms with Gasteiger partial charge in [-0.05, 0) is 34.9 Å². The Bertz CT molecular complexity index is 1400. The van der Waals surface area contributed by atoms with Crippen LogP contribution in [0.4, 0.5) is 0 Å². The summed E-state index contributed by atoms with van der Waals surface area (Å²) in [5.74, 6) is 0. The lowest BCUT2D eigenvalue weighted by atomic mass is 10.0. The molecule has 1 aromatic heterocycles. The molecule has 0 radical (unpaired) electrons. The number of hydrogen-bond donors (Lipinski definition) is 0. The van der Waals surface area contributed by atoms with Gasteiger partial charge in [-0.1, -0.05) is 114 Å². The molecule has 162 valence electrons. The predicted molar refractivity (Wildman–Crippen MR) is 137 cm³/mol. The number of benzene rings is 4. The van der Waals surface area contributed by atoms with E-state index in [1.54, 1.807) is 34.5 Å². The summed E-state index contributed by atoms with van der Waals surface area (Å²) in [7, 11) is 0. The van der Waals surface area contributed by atoms with Crippen LogP contribution in [0.15, 0.2) is 119 Å². The molecule has 0 spiro atoms. The van der Waals surface area contributed by atoms with Crippen molar-refractivity contribution in [1.29, 1.82) is 0 Å². The number of hydrogen-bond acceptors (Lipinski definition) is 3. The van der Waals surface area contributed by atoms with Crippen LogP contribution in [0, 0.1) is 0 Å². The number of nitrogens with zero attached hydrogens (tertiary/aromatic N) is 2. The van der Waals surface area contributed by atoms with Gasteiger partial charge in [0.1, 0.15) is 0 Å². The summed E-state index contributed by atoms with van der Waals surface area (Å²) in [6, 6.07) is 35.9. The van der Waals surface area contributed by atoms with Crippen LogP contribution < -0.4 is 5.56 Å². The van der Waals surface area contributed by atoms with Gasteiger partial charge in [-0.15, -0.1) is 0 Å². The van der Waals surface area contributed by atoms with Crippen LogP contribution in [0.2, 0.25) is 5.02 Å². The standard InChI is InChI=1S/C28H21ClN2OS/c29-23-16-17-24-25(18-23)30-28(31(27(24)32)19-20-10-4-1-5-11-20)33-26(21-12-6-2-7-13-21)22-14-8-3-9-15-22/h1-18,26H,19H2. The first-order valence-electron chi connectivity index (χ1n) is 10.7. The Labute approximate surface area is 201 Å². The lowest BCUT2D eigenvalue weighted by Gasteiger charge is -2.20. The quantitative estimate of drug-likeness (QED) is 0.199. The van der Waals surface area contributed by atoms with E-state index < -0.39 is 0 Å². The minimum absolute atomic E-state index is 0.0158. The first-order valence-corrected chi connectivity index (χ1v) is 12.0. The van der Waals surface area contributed by atoms with Crippen LogP contribution in [0.3, 0.4) is 0 Å². The number of thioether (sulfide) groups is 1. The fraction of sp³-hybridized carbons (Fsp3) is 0.0714. The molecule has 0 saturated heterocycles. The number of fused-ring (bicyclic) bond motifs is 1. The van der Waals surface area contributed by atoms with Crippen molar-refractivity contribution in [2.24, 2.45) is 0 Å². The summed E-state index contributed by atoms with van der Waals surface area (Å²) in [6.07, 6.45) is 0. The molecule has 0 atom stereocenters. The highest BCUT2D eigenvalue weighted by Crippen LogP contribution is 2.39. The van der Waals surface area contributed by atoms with E-state index in [9.17, 15) is 4.79 Å². The first kappa shape index (κ1) is 21.5. The van der Waals surface area contributed by atoms with Gasteiger partial charge in [-0.25, -0.2) is 4.98 Å². The molecular formula is C28H21ClN2OS. The molecule has 0 aliphatic heterocycles. The SMILES string of the molecule is O=c1c2ccc(Cl)cc2nc(SC(c2ccccc2)c2ccccc2)n1Cc1ccccc1. The lowest BCUT2D eigenvalue weighted by molar-refractivity contribution is 0.657. The minimum Gasteiger partial charge on any atom is -0.283 e. The van der Waals surface area contributed by atoms with E-state index in [0.29, 0.717) is 27.6 Å². The molecule has 5 rings (SSSR count). The third kappa shape index (κ3) is 4.72. The van der Waals surface area contributed by atoms with Gasteiger partial charge in [0.2, 0.25) is 0 Å². The van der Waals surface area contributed by atoms with Gasteiger partial charge in [0.15, 0.2) is 5.16 Å². The first-order chi connectivity index (χ1) is 16.2. The monoisotopic (exact) mass is 468 g/mol. The fourth-order valence-corrected chi connectivity index (χ4v) is 5.25. The van der Waals surface area contributed by atoms with Crippen molar-refractivity contribution in [3.8, 4) is 0 Å². The van der Waals surface area contributed by atoms with Gasteiger partial charge in [0.05, 0.1) is 22.7 Å². The average Bonchev–Trinajstić information content (AvgIpc) is 2.86. The molecule has 4 aromatic carbocycles. The highest BCUT2D eigenvalue weighted by atomic mass is 35.5. The topological polar surface area (TPSA) is 34.9 Å². The summed E-state index contributed by atoms with van der Waals surface area (Å²) in [5, 5.41) is 1.78. The molecule has 1 heterocycles. The molecule has 5 aromatic rings. The Hall–Kier alpha value is -3.34. The van der Waals surface area contributed by atoms with Gasteiger partial charge in [-0.2, -0.15) is 0 Å². The third-order valence-electron chi connectivity index (χ3n) is 5.49. The third-order valence-corrected chi connectivity index (χ3v) is 7.03. The summed E-state index contributed by atoms with van der Waals surface area (Å²) in [5.41, 5.74) is 3.90. The normalized spacial score (nSPS) is 11.2. The summed E-state index contributed by atoms with van der Waals surface area (Å²) in [6.45, 7) is 0.448. The molecule has 0 bridgehead atoms. The van der Waals surface area contributed by atoms with Gasteiger partial charge in [0.25, 0.3) is 5.56 Å². The van der Waals surface area contributed by atoms with E-state index in [-0.39, 0.29) is 10.8 Å². The maximum Gasteiger partial charge on any atom is 0.262 e. The van der Waals surface area contributed by atoms with Gasteiger partial charge in [-0.3, -0.25) is 9.36 Å². The number of aromatic nitrogens is 2. The maximum atomic E-state index is 13.6. The van der Waals surface area contributed by atoms with E-state index in [2.05, 4.69) is 24.3 Å². The van der Waals surface area contributed by atoms with Crippen LogP contribution in [0.25, 0.3) is 10.9 Å². The summed E-state index contributed by atoms with van der Waals surface area (Å²) in [4.78, 5) is 18.5. The molecule has 0 amide bonds. The molecule has 33 heavy (non-hydrogen) atoms. The summed E-state index contributed by atoms with van der Waals surface area (Å²) >= 11 is 7.82. The van der Waals surface area contributed by atoms with Crippen molar-refractivity contribution in [2.75, 3.05) is 0 Å². The van der Waals surface area contributed by atoms with E-state index in [1.807, 2.05) is 66.7 Å². The van der Waals surface area contributed by atoms with Crippen molar-refractivity contribution in [1.82, 2.24) is 9.55 Å². The second-order valence-corrected chi connectivity index (χ2v) is 9.26. The summed E-state index contributed by atoms with van der Waals surface area (Å²) < 4.78 is 1.77. The van der Waals surface area contributed by atoms with Crippen molar-refractivity contribution >= 4 is 34.3 Å². The minimum atomic E-state index is -0.0668. The van der Waals surface area contributed by atoms with Crippen LogP contribution >= 0.6 is 23.4 Å². The molecule has 0 unspecified atom stereocenters. The highest BCUT2D eigenvalue weighted by Gasteiger charge is 2.20. The molecule has 0 aliphatic rings. The van der Waals surface area contributed by atoms with E-state index in [1.165, 1.54) is 0 Å². The van der Waals surface area contributed by atoms with Crippen LogP contribution in [-0.4, -0.2) is 9.55 Å². The second-order valence-electron chi connectivity index (χ2n) is 7.75. The van der Waals surface area contributed by atoms with E-state index in [0.717, 1.165) is 16.7 Å². The van der Waals surface area contributed by atoms with Crippen molar-refractivity contribution in [3.63, 3.8) is 0 Å². The average molecular weight is 469 g/mol. The van der Waals surface area contributed by atoms with Gasteiger partial charge in [0, 0.05) is 5.02 Å². The molecule has 0 aliphatic carbocycles. The Morgan fingerprint density at radius 2 is 1.36 bits per heavy atom. The molecule has 5 heteroatoms. The van der Waals surface area contributed by atoms with Crippen LogP contribution in [0.5, 0.6) is 0 Å². The molecule has 0 N–H and O–H groups in total. The van der Waals surface area contributed by atoms with Crippen molar-refractivity contribution in [2.45, 2.75) is 17.0 Å². The van der Waals surface area contributed by atoms with E-state index in [4.69, 9.17) is 16.6 Å².